The molecule has 3 amide bonds. The van der Waals surface area contributed by atoms with Crippen molar-refractivity contribution in [3.05, 3.63) is 29.8 Å². The highest BCUT2D eigenvalue weighted by molar-refractivity contribution is 5.93. The van der Waals surface area contributed by atoms with E-state index in [4.69, 9.17) is 5.73 Å². The van der Waals surface area contributed by atoms with Gasteiger partial charge in [-0.2, -0.15) is 0 Å². The molecule has 152 valence electrons. The van der Waals surface area contributed by atoms with Gasteiger partial charge in [0.2, 0.25) is 5.91 Å². The van der Waals surface area contributed by atoms with Crippen LogP contribution in [0.5, 0.6) is 0 Å². The molecule has 28 heavy (non-hydrogen) atoms. The summed E-state index contributed by atoms with van der Waals surface area (Å²) in [4.78, 5) is 45.0. The Morgan fingerprint density at radius 1 is 1.39 bits per heavy atom. The van der Waals surface area contributed by atoms with Crippen LogP contribution in [-0.2, 0) is 9.59 Å². The molecule has 0 bridgehead atoms. The van der Waals surface area contributed by atoms with E-state index in [2.05, 4.69) is 15.3 Å². The van der Waals surface area contributed by atoms with Crippen molar-refractivity contribution in [2.45, 2.75) is 38.6 Å². The quantitative estimate of drug-likeness (QED) is 0.595. The molecular formula is C19H26FN5O3. The molecule has 4 N–H and O–H groups in total. The van der Waals surface area contributed by atoms with Crippen LogP contribution in [0.25, 0.3) is 11.0 Å². The van der Waals surface area contributed by atoms with Gasteiger partial charge in [-0.1, -0.05) is 26.8 Å². The van der Waals surface area contributed by atoms with Crippen molar-refractivity contribution in [1.82, 2.24) is 20.2 Å². The van der Waals surface area contributed by atoms with Gasteiger partial charge < -0.3 is 25.7 Å². The summed E-state index contributed by atoms with van der Waals surface area (Å²) in [5.74, 6) is -1.75. The van der Waals surface area contributed by atoms with Crippen LogP contribution in [0.4, 0.5) is 9.18 Å². The summed E-state index contributed by atoms with van der Waals surface area (Å²) in [6.45, 7) is 5.95. The van der Waals surface area contributed by atoms with Crippen molar-refractivity contribution >= 4 is 29.3 Å². The molecule has 1 aromatic heterocycles. The molecular weight excluding hydrogens is 365 g/mol. The van der Waals surface area contributed by atoms with Crippen LogP contribution < -0.4 is 11.1 Å². The van der Waals surface area contributed by atoms with Crippen LogP contribution in [0, 0.1) is 11.7 Å². The molecule has 1 aromatic carbocycles. The van der Waals surface area contributed by atoms with E-state index < -0.39 is 29.2 Å². The molecule has 1 unspecified atom stereocenters. The van der Waals surface area contributed by atoms with Gasteiger partial charge in [-0.15, -0.1) is 0 Å². The second-order valence-electron chi connectivity index (χ2n) is 7.39. The number of fused-ring (bicyclic) bond motifs is 1. The number of para-hydroxylation sites is 1. The number of primary amides is 1. The number of rotatable bonds is 8. The lowest BCUT2D eigenvalue weighted by molar-refractivity contribution is -0.127. The topological polar surface area (TPSA) is 121 Å². The number of imidazole rings is 1. The third-order valence-electron chi connectivity index (χ3n) is 4.79. The van der Waals surface area contributed by atoms with Crippen LogP contribution in [0.1, 0.15) is 38.9 Å². The number of carbonyl (C=O) groups is 3. The third kappa shape index (κ3) is 4.13. The molecule has 2 aromatic rings. The second kappa shape index (κ2) is 8.37. The Morgan fingerprint density at radius 3 is 2.61 bits per heavy atom. The monoisotopic (exact) mass is 391 g/mol. The summed E-state index contributed by atoms with van der Waals surface area (Å²) in [6, 6.07) is 3.90. The lowest BCUT2D eigenvalue weighted by Gasteiger charge is -2.36. The van der Waals surface area contributed by atoms with Gasteiger partial charge in [-0.3, -0.25) is 4.79 Å². The van der Waals surface area contributed by atoms with E-state index in [1.165, 1.54) is 17.0 Å². The maximum Gasteiger partial charge on any atom is 0.318 e. The minimum Gasteiger partial charge on any atom is -0.368 e. The smallest absolute Gasteiger partial charge is 0.318 e. The number of hydrogen-bond acceptors (Lipinski definition) is 4. The molecule has 2 atom stereocenters. The van der Waals surface area contributed by atoms with Crippen molar-refractivity contribution in [3.63, 3.8) is 0 Å². The zero-order chi connectivity index (χ0) is 21.1. The standard InChI is InChI=1S/C19H26FN5O3/c1-11(2)10-25(4)18(28)24-19(8-9-26,17(21)27)12(3)16-22-14-7-5-6-13(20)15(14)23-16/h5-7,9,11-12H,8,10H2,1-4H3,(H2,21,27)(H,22,23)(H,24,28)/t12-,19?/m1/s1. The van der Waals surface area contributed by atoms with E-state index in [1.54, 1.807) is 20.0 Å². The fourth-order valence-corrected chi connectivity index (χ4v) is 3.21. The molecule has 2 rings (SSSR count). The predicted octanol–water partition coefficient (Wildman–Crippen LogP) is 1.92. The summed E-state index contributed by atoms with van der Waals surface area (Å²) >= 11 is 0. The Bertz CT molecular complexity index is 882. The molecule has 0 aliphatic heterocycles. The van der Waals surface area contributed by atoms with Crippen LogP contribution >= 0.6 is 0 Å². The number of nitrogens with one attached hydrogen (secondary N) is 2. The van der Waals surface area contributed by atoms with Gasteiger partial charge in [0.25, 0.3) is 0 Å². The van der Waals surface area contributed by atoms with Crippen molar-refractivity contribution in [2.75, 3.05) is 13.6 Å². The van der Waals surface area contributed by atoms with Crippen LogP contribution in [0.2, 0.25) is 0 Å². The normalized spacial score (nSPS) is 14.5. The van der Waals surface area contributed by atoms with E-state index in [-0.39, 0.29) is 23.7 Å². The molecule has 9 heteroatoms. The third-order valence-corrected chi connectivity index (χ3v) is 4.79. The number of halogens is 1. The summed E-state index contributed by atoms with van der Waals surface area (Å²) in [7, 11) is 1.59. The summed E-state index contributed by atoms with van der Waals surface area (Å²) in [5.41, 5.74) is 4.46. The number of amides is 3. The van der Waals surface area contributed by atoms with Gasteiger partial charge in [0.1, 0.15) is 23.2 Å². The Balaban J connectivity index is 2.45. The van der Waals surface area contributed by atoms with Crippen LogP contribution in [0.15, 0.2) is 18.2 Å². The minimum atomic E-state index is -1.71. The van der Waals surface area contributed by atoms with Crippen molar-refractivity contribution in [3.8, 4) is 0 Å². The summed E-state index contributed by atoms with van der Waals surface area (Å²) in [6.07, 6.45) is 0.178. The highest BCUT2D eigenvalue weighted by Gasteiger charge is 2.46. The zero-order valence-corrected chi connectivity index (χ0v) is 16.5. The molecule has 0 aliphatic carbocycles. The lowest BCUT2D eigenvalue weighted by atomic mass is 9.81. The van der Waals surface area contributed by atoms with E-state index in [0.29, 0.717) is 18.3 Å². The summed E-state index contributed by atoms with van der Waals surface area (Å²) in [5, 5.41) is 2.62. The molecule has 0 saturated carbocycles. The number of aromatic amines is 1. The summed E-state index contributed by atoms with van der Waals surface area (Å²) < 4.78 is 14.0. The van der Waals surface area contributed by atoms with Gasteiger partial charge in [-0.05, 0) is 18.1 Å². The van der Waals surface area contributed by atoms with E-state index in [9.17, 15) is 18.8 Å². The zero-order valence-electron chi connectivity index (χ0n) is 16.5. The Hall–Kier alpha value is -2.97. The average molecular weight is 391 g/mol. The number of carbonyl (C=O) groups excluding carboxylic acids is 3. The number of benzene rings is 1. The highest BCUT2D eigenvalue weighted by Crippen LogP contribution is 2.31. The first kappa shape index (κ1) is 21.3. The SMILES string of the molecule is CC(C)CN(C)C(=O)NC(CC=O)(C(N)=O)[C@H](C)c1nc2c(F)cccc2[nH]1. The Morgan fingerprint density at radius 2 is 2.07 bits per heavy atom. The lowest BCUT2D eigenvalue weighted by Crippen LogP contribution is -2.63. The number of nitrogens with two attached hydrogens (primary N) is 1. The number of nitrogens with zero attached hydrogens (tertiary/aromatic N) is 2. The maximum atomic E-state index is 14.0. The molecule has 1 heterocycles. The molecule has 0 saturated heterocycles. The van der Waals surface area contributed by atoms with Crippen molar-refractivity contribution in [2.24, 2.45) is 11.7 Å². The van der Waals surface area contributed by atoms with Gasteiger partial charge in [0.15, 0.2) is 5.82 Å². The largest absolute Gasteiger partial charge is 0.368 e. The first-order valence-electron chi connectivity index (χ1n) is 9.03. The first-order chi connectivity index (χ1) is 13.1. The number of hydrogen-bond donors (Lipinski definition) is 3. The highest BCUT2D eigenvalue weighted by atomic mass is 19.1. The Labute approximate surface area is 162 Å². The molecule has 0 spiro atoms. The number of aromatic nitrogens is 2. The van der Waals surface area contributed by atoms with Crippen molar-refractivity contribution < 1.29 is 18.8 Å². The molecule has 8 nitrogen and oxygen atoms in total. The fraction of sp³-hybridized carbons (Fsp3) is 0.474. The second-order valence-corrected chi connectivity index (χ2v) is 7.39. The van der Waals surface area contributed by atoms with Gasteiger partial charge in [0, 0.05) is 25.9 Å². The van der Waals surface area contributed by atoms with E-state index in [1.807, 2.05) is 13.8 Å². The maximum absolute atomic E-state index is 14.0. The van der Waals surface area contributed by atoms with E-state index >= 15 is 0 Å². The molecule has 0 fully saturated rings. The van der Waals surface area contributed by atoms with Gasteiger partial charge >= 0.3 is 6.03 Å². The number of urea groups is 1. The molecule has 0 radical (unpaired) electrons. The first-order valence-corrected chi connectivity index (χ1v) is 9.03. The fourth-order valence-electron chi connectivity index (χ4n) is 3.21. The number of H-pyrrole nitrogens is 1. The minimum absolute atomic E-state index is 0.108. The Kier molecular flexibility index (Phi) is 6.37. The van der Waals surface area contributed by atoms with Crippen molar-refractivity contribution in [1.29, 1.82) is 0 Å². The van der Waals surface area contributed by atoms with Crippen LogP contribution in [0.3, 0.4) is 0 Å². The number of aldehydes is 1. The average Bonchev–Trinajstić information content (AvgIpc) is 3.05. The predicted molar refractivity (Wildman–Crippen MR) is 103 cm³/mol. The molecule has 0 aliphatic rings. The van der Waals surface area contributed by atoms with Gasteiger partial charge in [-0.25, -0.2) is 14.2 Å². The van der Waals surface area contributed by atoms with E-state index in [0.717, 1.165) is 0 Å². The van der Waals surface area contributed by atoms with Gasteiger partial charge in [0.05, 0.1) is 5.52 Å². The van der Waals surface area contributed by atoms with Crippen LogP contribution in [-0.4, -0.2) is 52.2 Å².